The molecule has 1 unspecified atom stereocenters. The van der Waals surface area contributed by atoms with Gasteiger partial charge in [-0.25, -0.2) is 0 Å². The number of anilines is 2. The number of rotatable bonds is 9. The van der Waals surface area contributed by atoms with E-state index < -0.39 is 6.04 Å². The second kappa shape index (κ2) is 12.7. The highest BCUT2D eigenvalue weighted by atomic mass is 35.5. The maximum Gasteiger partial charge on any atom is 0.325 e. The summed E-state index contributed by atoms with van der Waals surface area (Å²) in [5.74, 6) is 0.901. The fraction of sp³-hybridized carbons (Fsp3) is 0.412. The van der Waals surface area contributed by atoms with Gasteiger partial charge in [-0.2, -0.15) is 0 Å². The molecule has 0 aliphatic carbocycles. The number of esters is 1. The number of amides is 1. The Morgan fingerprint density at radius 2 is 1.67 bits per heavy atom. The molecule has 8 heteroatoms. The van der Waals surface area contributed by atoms with Gasteiger partial charge in [0.05, 0.1) is 25.7 Å². The van der Waals surface area contributed by atoms with Gasteiger partial charge >= 0.3 is 5.97 Å². The summed E-state index contributed by atoms with van der Waals surface area (Å²) in [6, 6.07) is 18.7. The van der Waals surface area contributed by atoms with Crippen LogP contribution in [0.2, 0.25) is 5.02 Å². The van der Waals surface area contributed by atoms with Crippen molar-refractivity contribution in [1.29, 1.82) is 0 Å². The summed E-state index contributed by atoms with van der Waals surface area (Å²) >= 11 is 6.23. The van der Waals surface area contributed by atoms with Crippen molar-refractivity contribution in [3.8, 4) is 11.5 Å². The van der Waals surface area contributed by atoms with Crippen molar-refractivity contribution in [1.82, 2.24) is 0 Å². The Labute approximate surface area is 254 Å². The largest absolute Gasteiger partial charge is 0.493 e. The zero-order valence-corrected chi connectivity index (χ0v) is 26.5. The summed E-state index contributed by atoms with van der Waals surface area (Å²) in [5, 5.41) is 0.619. The highest BCUT2D eigenvalue weighted by Crippen LogP contribution is 2.44. The zero-order chi connectivity index (χ0) is 30.8. The molecule has 3 aromatic rings. The molecule has 42 heavy (non-hydrogen) atoms. The summed E-state index contributed by atoms with van der Waals surface area (Å²) in [6.07, 6.45) is -0.0345. The summed E-state index contributed by atoms with van der Waals surface area (Å²) in [5.41, 5.74) is 4.22. The molecule has 0 radical (unpaired) electrons. The quantitative estimate of drug-likeness (QED) is 0.244. The third-order valence-corrected chi connectivity index (χ3v) is 7.85. The van der Waals surface area contributed by atoms with E-state index in [-0.39, 0.29) is 42.5 Å². The van der Waals surface area contributed by atoms with Crippen LogP contribution >= 0.6 is 11.6 Å². The van der Waals surface area contributed by atoms with Crippen LogP contribution in [0.25, 0.3) is 0 Å². The monoisotopic (exact) mass is 592 g/mol. The first kappa shape index (κ1) is 31.2. The normalized spacial score (nSPS) is 15.7. The van der Waals surface area contributed by atoms with Crippen LogP contribution in [0.4, 0.5) is 11.4 Å². The molecule has 0 saturated carbocycles. The van der Waals surface area contributed by atoms with Crippen LogP contribution < -0.4 is 19.3 Å². The first-order valence-electron chi connectivity index (χ1n) is 14.2. The van der Waals surface area contributed by atoms with Gasteiger partial charge in [-0.3, -0.25) is 9.59 Å². The van der Waals surface area contributed by atoms with Gasteiger partial charge in [0, 0.05) is 23.4 Å². The minimum absolute atomic E-state index is 0.0390. The molecule has 0 N–H and O–H groups in total. The maximum absolute atomic E-state index is 13.8. The van der Waals surface area contributed by atoms with Crippen LogP contribution in [0.5, 0.6) is 11.5 Å². The Balaban J connectivity index is 1.68. The number of benzene rings is 3. The molecule has 3 aromatic carbocycles. The fourth-order valence-electron chi connectivity index (χ4n) is 4.89. The molecule has 1 amide bonds. The van der Waals surface area contributed by atoms with Gasteiger partial charge in [0.15, 0.2) is 11.5 Å². The summed E-state index contributed by atoms with van der Waals surface area (Å²) < 4.78 is 17.3. The Morgan fingerprint density at radius 3 is 2.24 bits per heavy atom. The fourth-order valence-corrected chi connectivity index (χ4v) is 5.02. The molecule has 0 fully saturated rings. The Morgan fingerprint density at radius 1 is 1.02 bits per heavy atom. The van der Waals surface area contributed by atoms with E-state index in [0.717, 1.165) is 28.1 Å². The molecule has 1 aliphatic rings. The van der Waals surface area contributed by atoms with Gasteiger partial charge < -0.3 is 24.0 Å². The summed E-state index contributed by atoms with van der Waals surface area (Å²) in [6.45, 7) is 12.1. The number of halogens is 1. The van der Waals surface area contributed by atoms with Gasteiger partial charge in [0.1, 0.15) is 12.6 Å². The first-order valence-corrected chi connectivity index (χ1v) is 14.6. The Bertz CT molecular complexity index is 1410. The van der Waals surface area contributed by atoms with Crippen molar-refractivity contribution in [3.63, 3.8) is 0 Å². The Hall–Kier alpha value is -3.71. The highest BCUT2D eigenvalue weighted by Gasteiger charge is 2.36. The van der Waals surface area contributed by atoms with Gasteiger partial charge in [0.2, 0.25) is 5.91 Å². The number of carbonyl (C=O) groups excluding carboxylic acids is 2. The number of hydrogen-bond donors (Lipinski definition) is 0. The molecular formula is C34H41ClN2O5. The molecule has 1 heterocycles. The number of hydrogen-bond acceptors (Lipinski definition) is 6. The van der Waals surface area contributed by atoms with Crippen molar-refractivity contribution in [3.05, 3.63) is 82.4 Å². The molecular weight excluding hydrogens is 552 g/mol. The topological polar surface area (TPSA) is 68.3 Å². The van der Waals surface area contributed by atoms with E-state index in [2.05, 4.69) is 0 Å². The lowest BCUT2D eigenvalue weighted by atomic mass is 9.86. The molecule has 2 atom stereocenters. The van der Waals surface area contributed by atoms with Crippen LogP contribution in [0, 0.1) is 5.41 Å². The van der Waals surface area contributed by atoms with E-state index in [0.29, 0.717) is 16.5 Å². The van der Waals surface area contributed by atoms with Crippen molar-refractivity contribution in [2.24, 2.45) is 5.41 Å². The zero-order valence-electron chi connectivity index (χ0n) is 25.7. The average molecular weight is 593 g/mol. The molecule has 0 spiro atoms. The number of ether oxygens (including phenoxy) is 3. The lowest BCUT2D eigenvalue weighted by Gasteiger charge is -2.38. The van der Waals surface area contributed by atoms with Gasteiger partial charge in [0.25, 0.3) is 0 Å². The standard InChI is InChI=1S/C34H41ClN2O5/c1-21(2)41-30-19-28-24(17-29(30)40-8)18-31(38)37(33(28)23-9-11-25(35)12-10-23)27-15-13-26(14-16-27)36(7)20-32(39)42-22(3)34(4,5)6/h9-17,19,21-22,33H,18,20H2,1-8H3/t22?,33-/m0/s1. The smallest absolute Gasteiger partial charge is 0.325 e. The van der Waals surface area contributed by atoms with Crippen LogP contribution in [-0.4, -0.2) is 44.8 Å². The number of likely N-dealkylation sites (N-methyl/N-ethyl adjacent to an activating group) is 1. The van der Waals surface area contributed by atoms with Crippen molar-refractivity contribution < 1.29 is 23.8 Å². The van der Waals surface area contributed by atoms with E-state index in [1.807, 2.05) is 119 Å². The second-order valence-corrected chi connectivity index (χ2v) is 12.6. The van der Waals surface area contributed by atoms with E-state index >= 15 is 0 Å². The second-order valence-electron chi connectivity index (χ2n) is 12.1. The number of fused-ring (bicyclic) bond motifs is 1. The highest BCUT2D eigenvalue weighted by molar-refractivity contribution is 6.30. The molecule has 4 rings (SSSR count). The maximum atomic E-state index is 13.8. The average Bonchev–Trinajstić information content (AvgIpc) is 2.92. The van der Waals surface area contributed by atoms with Gasteiger partial charge in [-0.05, 0) is 91.4 Å². The van der Waals surface area contributed by atoms with Gasteiger partial charge in [-0.15, -0.1) is 0 Å². The van der Waals surface area contributed by atoms with Crippen molar-refractivity contribution >= 4 is 34.9 Å². The number of nitrogens with zero attached hydrogens (tertiary/aromatic N) is 2. The van der Waals surface area contributed by atoms with E-state index in [1.165, 1.54) is 0 Å². The van der Waals surface area contributed by atoms with Crippen LogP contribution in [0.3, 0.4) is 0 Å². The third-order valence-electron chi connectivity index (χ3n) is 7.60. The van der Waals surface area contributed by atoms with E-state index in [9.17, 15) is 9.59 Å². The SMILES string of the molecule is COc1cc2c(cc1OC(C)C)[C@H](c1ccc(Cl)cc1)N(c1ccc(N(C)CC(=O)OC(C)C(C)(C)C)cc1)C(=O)C2. The molecule has 1 aliphatic heterocycles. The summed E-state index contributed by atoms with van der Waals surface area (Å²) in [7, 11) is 3.45. The number of carbonyl (C=O) groups is 2. The molecule has 0 bridgehead atoms. The lowest BCUT2D eigenvalue weighted by molar-refractivity contribution is -0.151. The summed E-state index contributed by atoms with van der Waals surface area (Å²) in [4.78, 5) is 30.0. The Kier molecular flexibility index (Phi) is 9.41. The molecule has 0 saturated heterocycles. The minimum atomic E-state index is -0.406. The van der Waals surface area contributed by atoms with Gasteiger partial charge in [-0.1, -0.05) is 44.5 Å². The lowest BCUT2D eigenvalue weighted by Crippen LogP contribution is -2.41. The third kappa shape index (κ3) is 7.01. The predicted octanol–water partition coefficient (Wildman–Crippen LogP) is 7.23. The number of methoxy groups -OCH3 is 1. The van der Waals surface area contributed by atoms with Crippen LogP contribution in [0.1, 0.15) is 64.3 Å². The molecule has 0 aromatic heterocycles. The van der Waals surface area contributed by atoms with Crippen LogP contribution in [-0.2, 0) is 20.7 Å². The van der Waals surface area contributed by atoms with Crippen molar-refractivity contribution in [2.75, 3.05) is 30.5 Å². The van der Waals surface area contributed by atoms with Crippen molar-refractivity contribution in [2.45, 2.75) is 66.2 Å². The molecule has 7 nitrogen and oxygen atoms in total. The predicted molar refractivity (Wildman–Crippen MR) is 168 cm³/mol. The minimum Gasteiger partial charge on any atom is -0.493 e. The molecule has 224 valence electrons. The van der Waals surface area contributed by atoms with E-state index in [4.69, 9.17) is 25.8 Å². The first-order chi connectivity index (χ1) is 19.8. The van der Waals surface area contributed by atoms with Crippen LogP contribution in [0.15, 0.2) is 60.7 Å². The van der Waals surface area contributed by atoms with E-state index in [1.54, 1.807) is 7.11 Å².